The molecule has 0 saturated heterocycles. The summed E-state index contributed by atoms with van der Waals surface area (Å²) >= 11 is 4.67. The molecular weight excluding hydrogens is 284 g/mol. The average molecular weight is 302 g/mol. The van der Waals surface area contributed by atoms with Crippen molar-refractivity contribution in [2.45, 2.75) is 13.3 Å². The minimum Gasteiger partial charge on any atom is -0.393 e. The Kier molecular flexibility index (Phi) is 6.52. The molecule has 6 nitrogen and oxygen atoms in total. The summed E-state index contributed by atoms with van der Waals surface area (Å²) < 4.78 is 46.7. The van der Waals surface area contributed by atoms with Gasteiger partial charge in [-0.3, -0.25) is 0 Å². The molecule has 0 heterocycles. The Morgan fingerprint density at radius 2 is 1.76 bits per heavy atom. The summed E-state index contributed by atoms with van der Waals surface area (Å²) in [5, 5.41) is 0. The van der Waals surface area contributed by atoms with Crippen LogP contribution in [0.3, 0.4) is 0 Å². The van der Waals surface area contributed by atoms with Crippen LogP contribution in [-0.2, 0) is 19.9 Å². The van der Waals surface area contributed by atoms with Crippen molar-refractivity contribution in [3.8, 4) is 0 Å². The average Bonchev–Trinajstić information content (AvgIpc) is 2.14. The molecule has 0 rings (SSSR count). The summed E-state index contributed by atoms with van der Waals surface area (Å²) in [4.78, 5) is 0.238. The molecule has 0 fully saturated rings. The van der Waals surface area contributed by atoms with E-state index in [-0.39, 0.29) is 23.8 Å². The van der Waals surface area contributed by atoms with Crippen LogP contribution in [0.2, 0.25) is 0 Å². The first kappa shape index (κ1) is 16.8. The van der Waals surface area contributed by atoms with Crippen LogP contribution in [-0.4, -0.2) is 57.0 Å². The van der Waals surface area contributed by atoms with E-state index in [1.807, 2.05) is 0 Å². The molecule has 0 aromatic rings. The third kappa shape index (κ3) is 7.63. The van der Waals surface area contributed by atoms with Crippen LogP contribution in [0.15, 0.2) is 0 Å². The van der Waals surface area contributed by atoms with Gasteiger partial charge in [0.1, 0.15) is 9.84 Å². The van der Waals surface area contributed by atoms with E-state index in [4.69, 9.17) is 5.73 Å². The normalized spacial score (nSPS) is 12.9. The van der Waals surface area contributed by atoms with Gasteiger partial charge in [0.25, 0.3) is 0 Å². The second kappa shape index (κ2) is 6.62. The van der Waals surface area contributed by atoms with Gasteiger partial charge in [-0.05, 0) is 0 Å². The van der Waals surface area contributed by atoms with E-state index in [1.165, 1.54) is 4.31 Å². The SMILES string of the molecule is CCN(CCC(N)=S)S(=O)(=O)CCS(C)(=O)=O. The molecule has 102 valence electrons. The van der Waals surface area contributed by atoms with Crippen molar-refractivity contribution in [3.05, 3.63) is 0 Å². The van der Waals surface area contributed by atoms with Crippen LogP contribution in [0.1, 0.15) is 13.3 Å². The number of rotatable bonds is 8. The molecule has 0 radical (unpaired) electrons. The first-order chi connectivity index (χ1) is 7.58. The van der Waals surface area contributed by atoms with Crippen molar-refractivity contribution >= 4 is 37.1 Å². The molecule has 0 bridgehead atoms. The number of nitrogens with zero attached hydrogens (tertiary/aromatic N) is 1. The maximum Gasteiger partial charge on any atom is 0.215 e. The molecule has 0 amide bonds. The van der Waals surface area contributed by atoms with Gasteiger partial charge in [-0.25, -0.2) is 21.1 Å². The van der Waals surface area contributed by atoms with Crippen molar-refractivity contribution in [2.24, 2.45) is 5.73 Å². The van der Waals surface area contributed by atoms with E-state index in [9.17, 15) is 16.8 Å². The summed E-state index contributed by atoms with van der Waals surface area (Å²) in [5.74, 6) is -0.782. The fourth-order valence-corrected chi connectivity index (χ4v) is 4.28. The quantitative estimate of drug-likeness (QED) is 0.599. The molecule has 0 aromatic heterocycles. The van der Waals surface area contributed by atoms with Crippen LogP contribution in [0, 0.1) is 0 Å². The Hall–Kier alpha value is -0.250. The highest BCUT2D eigenvalue weighted by Crippen LogP contribution is 2.04. The second-order valence-electron chi connectivity index (χ2n) is 3.65. The van der Waals surface area contributed by atoms with Gasteiger partial charge in [0.2, 0.25) is 10.0 Å². The molecule has 0 aliphatic carbocycles. The number of hydrogen-bond acceptors (Lipinski definition) is 5. The van der Waals surface area contributed by atoms with Crippen LogP contribution >= 0.6 is 12.2 Å². The number of hydrogen-bond donors (Lipinski definition) is 1. The first-order valence-electron chi connectivity index (χ1n) is 5.02. The lowest BCUT2D eigenvalue weighted by atomic mass is 10.4. The number of nitrogens with two attached hydrogens (primary N) is 1. The molecule has 0 saturated carbocycles. The van der Waals surface area contributed by atoms with Gasteiger partial charge in [-0.15, -0.1) is 0 Å². The number of sulfonamides is 1. The Morgan fingerprint density at radius 1 is 1.24 bits per heavy atom. The molecule has 0 aromatic carbocycles. The summed E-state index contributed by atoms with van der Waals surface area (Å²) in [7, 11) is -6.85. The van der Waals surface area contributed by atoms with Crippen LogP contribution in [0.4, 0.5) is 0 Å². The summed E-state index contributed by atoms with van der Waals surface area (Å²) in [6.07, 6.45) is 1.30. The first-order valence-corrected chi connectivity index (χ1v) is 9.10. The van der Waals surface area contributed by atoms with Crippen molar-refractivity contribution in [1.82, 2.24) is 4.31 Å². The van der Waals surface area contributed by atoms with Gasteiger partial charge in [-0.2, -0.15) is 0 Å². The Balaban J connectivity index is 4.59. The zero-order valence-corrected chi connectivity index (χ0v) is 12.4. The Labute approximate surface area is 108 Å². The smallest absolute Gasteiger partial charge is 0.215 e. The standard InChI is InChI=1S/C8H18N2O4S3/c1-3-10(5-4-8(9)15)17(13,14)7-6-16(2,11)12/h3-7H2,1-2H3,(H2,9,15). The van der Waals surface area contributed by atoms with E-state index in [0.717, 1.165) is 6.26 Å². The van der Waals surface area contributed by atoms with Crippen molar-refractivity contribution in [1.29, 1.82) is 0 Å². The van der Waals surface area contributed by atoms with E-state index < -0.39 is 25.6 Å². The molecule has 0 aliphatic heterocycles. The largest absolute Gasteiger partial charge is 0.393 e. The van der Waals surface area contributed by atoms with Gasteiger partial charge in [-0.1, -0.05) is 19.1 Å². The van der Waals surface area contributed by atoms with Crippen molar-refractivity contribution in [3.63, 3.8) is 0 Å². The van der Waals surface area contributed by atoms with Gasteiger partial charge in [0, 0.05) is 25.8 Å². The molecule has 0 atom stereocenters. The number of sulfone groups is 1. The lowest BCUT2D eigenvalue weighted by Crippen LogP contribution is -2.36. The lowest BCUT2D eigenvalue weighted by molar-refractivity contribution is 0.438. The molecule has 9 heteroatoms. The highest BCUT2D eigenvalue weighted by molar-refractivity contribution is 7.93. The molecule has 0 aliphatic rings. The Bertz CT molecular complexity index is 455. The van der Waals surface area contributed by atoms with Crippen molar-refractivity contribution < 1.29 is 16.8 Å². The summed E-state index contributed by atoms with van der Waals surface area (Å²) in [5.41, 5.74) is 5.30. The molecule has 0 unspecified atom stereocenters. The highest BCUT2D eigenvalue weighted by Gasteiger charge is 2.22. The molecular formula is C8H18N2O4S3. The minimum atomic E-state index is -3.56. The summed E-state index contributed by atoms with van der Waals surface area (Å²) in [6.45, 7) is 2.14. The molecule has 0 spiro atoms. The van der Waals surface area contributed by atoms with E-state index in [1.54, 1.807) is 6.92 Å². The van der Waals surface area contributed by atoms with E-state index in [2.05, 4.69) is 12.2 Å². The fourth-order valence-electron chi connectivity index (χ4n) is 1.11. The van der Waals surface area contributed by atoms with Gasteiger partial charge < -0.3 is 5.73 Å². The van der Waals surface area contributed by atoms with Crippen LogP contribution in [0.5, 0.6) is 0 Å². The molecule has 17 heavy (non-hydrogen) atoms. The minimum absolute atomic E-state index is 0.192. The second-order valence-corrected chi connectivity index (χ2v) is 8.53. The highest BCUT2D eigenvalue weighted by atomic mass is 32.2. The topological polar surface area (TPSA) is 97.5 Å². The zero-order chi connectivity index (χ0) is 13.7. The monoisotopic (exact) mass is 302 g/mol. The van der Waals surface area contributed by atoms with E-state index >= 15 is 0 Å². The lowest BCUT2D eigenvalue weighted by Gasteiger charge is -2.19. The number of thiocarbonyl (C=S) groups is 1. The molecule has 2 N–H and O–H groups in total. The van der Waals surface area contributed by atoms with Crippen LogP contribution in [0.25, 0.3) is 0 Å². The predicted octanol–water partition coefficient (Wildman–Crippen LogP) is -0.641. The fraction of sp³-hybridized carbons (Fsp3) is 0.875. The predicted molar refractivity (Wildman–Crippen MR) is 72.1 cm³/mol. The third-order valence-electron chi connectivity index (χ3n) is 2.07. The zero-order valence-electron chi connectivity index (χ0n) is 9.92. The van der Waals surface area contributed by atoms with Gasteiger partial charge in [0.15, 0.2) is 0 Å². The van der Waals surface area contributed by atoms with Gasteiger partial charge in [0.05, 0.1) is 16.5 Å². The maximum absolute atomic E-state index is 11.8. The Morgan fingerprint density at radius 3 is 2.12 bits per heavy atom. The van der Waals surface area contributed by atoms with Crippen molar-refractivity contribution in [2.75, 3.05) is 30.9 Å². The third-order valence-corrected chi connectivity index (χ3v) is 5.42. The maximum atomic E-state index is 11.8. The summed E-state index contributed by atoms with van der Waals surface area (Å²) in [6, 6.07) is 0. The van der Waals surface area contributed by atoms with E-state index in [0.29, 0.717) is 6.42 Å². The van der Waals surface area contributed by atoms with Gasteiger partial charge >= 0.3 is 0 Å². The van der Waals surface area contributed by atoms with Crippen LogP contribution < -0.4 is 5.73 Å².